The number of methoxy groups -OCH3 is 2. The summed E-state index contributed by atoms with van der Waals surface area (Å²) in [4.78, 5) is 23.8. The van der Waals surface area contributed by atoms with Crippen LogP contribution in [0.2, 0.25) is 0 Å². The van der Waals surface area contributed by atoms with Crippen LogP contribution in [0.15, 0.2) is 21.3 Å². The van der Waals surface area contributed by atoms with Gasteiger partial charge < -0.3 is 23.7 Å². The SMILES string of the molecule is CCOC(=O)CCc1c(COC)c2cc(OC)c(O)cc2oc1=O. The molecular formula is C17H20O7. The number of benzene rings is 1. The van der Waals surface area contributed by atoms with Crippen molar-refractivity contribution < 1.29 is 28.5 Å². The van der Waals surface area contributed by atoms with Gasteiger partial charge in [0.25, 0.3) is 0 Å². The minimum atomic E-state index is -0.566. The Morgan fingerprint density at radius 1 is 1.25 bits per heavy atom. The van der Waals surface area contributed by atoms with Gasteiger partial charge in [0.05, 0.1) is 20.3 Å². The van der Waals surface area contributed by atoms with Crippen molar-refractivity contribution in [3.8, 4) is 11.5 Å². The predicted octanol–water partition coefficient (Wildman–Crippen LogP) is 2.15. The summed E-state index contributed by atoms with van der Waals surface area (Å²) in [5.41, 5.74) is 0.616. The quantitative estimate of drug-likeness (QED) is 0.611. The molecule has 2 aromatic rings. The van der Waals surface area contributed by atoms with E-state index in [0.717, 1.165) is 0 Å². The van der Waals surface area contributed by atoms with Gasteiger partial charge in [-0.3, -0.25) is 4.79 Å². The van der Waals surface area contributed by atoms with E-state index in [1.54, 1.807) is 13.0 Å². The molecule has 0 unspecified atom stereocenters. The highest BCUT2D eigenvalue weighted by Gasteiger charge is 2.18. The van der Waals surface area contributed by atoms with Gasteiger partial charge in [-0.2, -0.15) is 0 Å². The maximum atomic E-state index is 12.3. The Morgan fingerprint density at radius 3 is 2.62 bits per heavy atom. The lowest BCUT2D eigenvalue weighted by atomic mass is 10.0. The van der Waals surface area contributed by atoms with E-state index in [1.165, 1.54) is 20.3 Å². The van der Waals surface area contributed by atoms with Crippen LogP contribution >= 0.6 is 0 Å². The first kappa shape index (κ1) is 17.8. The van der Waals surface area contributed by atoms with Crippen molar-refractivity contribution in [3.05, 3.63) is 33.7 Å². The third-order valence-electron chi connectivity index (χ3n) is 3.59. The second kappa shape index (κ2) is 7.83. The number of carbonyl (C=O) groups is 1. The van der Waals surface area contributed by atoms with E-state index in [1.807, 2.05) is 0 Å². The van der Waals surface area contributed by atoms with E-state index >= 15 is 0 Å². The van der Waals surface area contributed by atoms with Gasteiger partial charge >= 0.3 is 11.6 Å². The number of ether oxygens (including phenoxy) is 3. The summed E-state index contributed by atoms with van der Waals surface area (Å²) >= 11 is 0. The maximum Gasteiger partial charge on any atom is 0.339 e. The fourth-order valence-electron chi connectivity index (χ4n) is 2.50. The summed E-state index contributed by atoms with van der Waals surface area (Å²) < 4.78 is 20.5. The molecule has 7 nitrogen and oxygen atoms in total. The zero-order chi connectivity index (χ0) is 17.7. The van der Waals surface area contributed by atoms with E-state index in [0.29, 0.717) is 16.5 Å². The molecule has 0 aliphatic rings. The van der Waals surface area contributed by atoms with Crippen LogP contribution in [0.5, 0.6) is 11.5 Å². The van der Waals surface area contributed by atoms with Crippen molar-refractivity contribution in [2.75, 3.05) is 20.8 Å². The van der Waals surface area contributed by atoms with E-state index in [9.17, 15) is 14.7 Å². The molecule has 0 amide bonds. The van der Waals surface area contributed by atoms with Crippen LogP contribution in [0.3, 0.4) is 0 Å². The minimum Gasteiger partial charge on any atom is -0.504 e. The highest BCUT2D eigenvalue weighted by atomic mass is 16.5. The fraction of sp³-hybridized carbons (Fsp3) is 0.412. The first-order valence-electron chi connectivity index (χ1n) is 7.51. The third-order valence-corrected chi connectivity index (χ3v) is 3.59. The van der Waals surface area contributed by atoms with Gasteiger partial charge in [0.15, 0.2) is 11.5 Å². The number of phenols is 1. The van der Waals surface area contributed by atoms with Crippen LogP contribution in [0, 0.1) is 0 Å². The Hall–Kier alpha value is -2.54. The summed E-state index contributed by atoms with van der Waals surface area (Å²) in [5, 5.41) is 10.4. The van der Waals surface area contributed by atoms with E-state index in [4.69, 9.17) is 18.6 Å². The second-order valence-corrected chi connectivity index (χ2v) is 5.10. The number of phenolic OH excluding ortho intramolecular Hbond substituents is 1. The molecule has 0 atom stereocenters. The lowest BCUT2D eigenvalue weighted by molar-refractivity contribution is -0.143. The molecule has 0 spiro atoms. The fourth-order valence-corrected chi connectivity index (χ4v) is 2.50. The van der Waals surface area contributed by atoms with Gasteiger partial charge in [0, 0.05) is 30.5 Å². The van der Waals surface area contributed by atoms with Crippen molar-refractivity contribution in [2.24, 2.45) is 0 Å². The monoisotopic (exact) mass is 336 g/mol. The zero-order valence-electron chi connectivity index (χ0n) is 13.9. The van der Waals surface area contributed by atoms with Crippen molar-refractivity contribution in [1.82, 2.24) is 0 Å². The number of aromatic hydroxyl groups is 1. The van der Waals surface area contributed by atoms with Crippen LogP contribution in [0.4, 0.5) is 0 Å². The minimum absolute atomic E-state index is 0.0655. The molecule has 7 heteroatoms. The van der Waals surface area contributed by atoms with Crippen LogP contribution in [-0.2, 0) is 27.3 Å². The summed E-state index contributed by atoms with van der Waals surface area (Å²) in [6, 6.07) is 2.90. The smallest absolute Gasteiger partial charge is 0.339 e. The molecule has 1 heterocycles. The first-order chi connectivity index (χ1) is 11.5. The van der Waals surface area contributed by atoms with Crippen molar-refractivity contribution in [3.63, 3.8) is 0 Å². The van der Waals surface area contributed by atoms with Gasteiger partial charge in [-0.1, -0.05) is 0 Å². The average Bonchev–Trinajstić information content (AvgIpc) is 2.54. The number of fused-ring (bicyclic) bond motifs is 1. The van der Waals surface area contributed by atoms with Crippen LogP contribution < -0.4 is 10.4 Å². The number of rotatable bonds is 7. The molecule has 0 saturated heterocycles. The average molecular weight is 336 g/mol. The predicted molar refractivity (Wildman–Crippen MR) is 86.4 cm³/mol. The molecule has 2 rings (SSSR count). The molecule has 1 aromatic carbocycles. The van der Waals surface area contributed by atoms with Gasteiger partial charge in [-0.05, 0) is 25.0 Å². The van der Waals surface area contributed by atoms with Gasteiger partial charge in [0.2, 0.25) is 0 Å². The molecule has 0 aliphatic heterocycles. The lowest BCUT2D eigenvalue weighted by Crippen LogP contribution is -2.15. The van der Waals surface area contributed by atoms with Gasteiger partial charge in [-0.25, -0.2) is 4.79 Å². The molecule has 24 heavy (non-hydrogen) atoms. The summed E-state index contributed by atoms with van der Waals surface area (Å²) in [5.74, 6) is -0.260. The van der Waals surface area contributed by atoms with Crippen LogP contribution in [-0.4, -0.2) is 31.9 Å². The molecule has 1 aromatic heterocycles. The molecule has 1 N–H and O–H groups in total. The topological polar surface area (TPSA) is 95.2 Å². The molecular weight excluding hydrogens is 316 g/mol. The van der Waals surface area contributed by atoms with Crippen molar-refractivity contribution >= 4 is 16.9 Å². The Morgan fingerprint density at radius 2 is 2.00 bits per heavy atom. The second-order valence-electron chi connectivity index (χ2n) is 5.10. The highest BCUT2D eigenvalue weighted by Crippen LogP contribution is 2.33. The number of esters is 1. The Labute approximate surface area is 138 Å². The highest BCUT2D eigenvalue weighted by molar-refractivity contribution is 5.85. The van der Waals surface area contributed by atoms with Crippen LogP contribution in [0.25, 0.3) is 11.0 Å². The van der Waals surface area contributed by atoms with Gasteiger partial charge in [-0.15, -0.1) is 0 Å². The molecule has 0 bridgehead atoms. The first-order valence-corrected chi connectivity index (χ1v) is 7.51. The molecule has 0 radical (unpaired) electrons. The van der Waals surface area contributed by atoms with Crippen LogP contribution in [0.1, 0.15) is 24.5 Å². The maximum absolute atomic E-state index is 12.3. The molecule has 130 valence electrons. The van der Waals surface area contributed by atoms with E-state index in [-0.39, 0.29) is 49.1 Å². The largest absolute Gasteiger partial charge is 0.504 e. The molecule has 0 fully saturated rings. The summed E-state index contributed by atoms with van der Waals surface area (Å²) in [7, 11) is 2.94. The number of hydrogen-bond donors (Lipinski definition) is 1. The Bertz CT molecular complexity index is 792. The molecule has 0 saturated carbocycles. The van der Waals surface area contributed by atoms with Gasteiger partial charge in [0.1, 0.15) is 5.58 Å². The standard InChI is InChI=1S/C17H20O7/c1-4-23-16(19)6-5-10-12(9-21-2)11-7-15(22-3)13(18)8-14(11)24-17(10)20/h7-8,18H,4-6,9H2,1-3H3. The van der Waals surface area contributed by atoms with E-state index in [2.05, 4.69) is 0 Å². The number of carbonyl (C=O) groups excluding carboxylic acids is 1. The number of hydrogen-bond acceptors (Lipinski definition) is 7. The van der Waals surface area contributed by atoms with E-state index < -0.39 is 5.63 Å². The summed E-state index contributed by atoms with van der Waals surface area (Å²) in [6.07, 6.45) is 0.245. The Kier molecular flexibility index (Phi) is 5.81. The normalized spacial score (nSPS) is 10.8. The van der Waals surface area contributed by atoms with Crippen molar-refractivity contribution in [2.45, 2.75) is 26.4 Å². The molecule has 0 aliphatic carbocycles. The third kappa shape index (κ3) is 3.68. The van der Waals surface area contributed by atoms with Crippen molar-refractivity contribution in [1.29, 1.82) is 0 Å². The Balaban J connectivity index is 2.54. The zero-order valence-corrected chi connectivity index (χ0v) is 13.9. The summed E-state index contributed by atoms with van der Waals surface area (Å²) in [6.45, 7) is 2.16. The lowest BCUT2D eigenvalue weighted by Gasteiger charge is -2.12.